The Kier molecular flexibility index (Phi) is 24.9. The number of halogens is 10. The van der Waals surface area contributed by atoms with Gasteiger partial charge in [-0.2, -0.15) is 36.3 Å². The van der Waals surface area contributed by atoms with Crippen molar-refractivity contribution in [3.8, 4) is 11.1 Å². The molecule has 2 saturated heterocycles. The van der Waals surface area contributed by atoms with Crippen LogP contribution >= 0.6 is 35.1 Å². The van der Waals surface area contributed by atoms with Crippen molar-refractivity contribution in [1.82, 2.24) is 44.3 Å². The molecule has 4 aliphatic heterocycles. The van der Waals surface area contributed by atoms with E-state index >= 15 is 0 Å². The minimum absolute atomic E-state index is 0.0645. The maximum absolute atomic E-state index is 14.6. The van der Waals surface area contributed by atoms with Gasteiger partial charge >= 0.3 is 23.7 Å². The molecule has 17 nitrogen and oxygen atoms in total. The van der Waals surface area contributed by atoms with Crippen LogP contribution in [0.25, 0.3) is 50.0 Å². The predicted molar refractivity (Wildman–Crippen MR) is 356 cm³/mol. The number of amides is 2. The number of H-pyrrole nitrogens is 1. The summed E-state index contributed by atoms with van der Waals surface area (Å²) in [7, 11) is 0. The summed E-state index contributed by atoms with van der Waals surface area (Å²) < 4.78 is 130. The summed E-state index contributed by atoms with van der Waals surface area (Å²) in [5, 5.41) is 0.952. The second-order valence-electron chi connectivity index (χ2n) is 21.6. The fourth-order valence-corrected chi connectivity index (χ4v) is 14.2. The number of aryl methyl sites for hydroxylation is 2. The van der Waals surface area contributed by atoms with E-state index in [4.69, 9.17) is 23.2 Å². The maximum Gasteiger partial charge on any atom is 0.417 e. The van der Waals surface area contributed by atoms with E-state index in [-0.39, 0.29) is 106 Å². The number of nitrogens with two attached hydrogens (primary N) is 2. The maximum atomic E-state index is 14.6. The van der Waals surface area contributed by atoms with E-state index in [1.165, 1.54) is 57.6 Å². The number of hydrogen-bond acceptors (Lipinski definition) is 14. The van der Waals surface area contributed by atoms with Crippen LogP contribution in [0.1, 0.15) is 71.1 Å². The average molecular weight is 1370 g/mol. The first kappa shape index (κ1) is 72.9. The van der Waals surface area contributed by atoms with Gasteiger partial charge in [-0.1, -0.05) is 56.8 Å². The molecule has 8 heterocycles. The highest BCUT2D eigenvalue weighted by Crippen LogP contribution is 2.49. The van der Waals surface area contributed by atoms with Crippen molar-refractivity contribution in [2.75, 3.05) is 47.5 Å². The van der Waals surface area contributed by atoms with Crippen molar-refractivity contribution in [3.63, 3.8) is 0 Å². The second-order valence-corrected chi connectivity index (χ2v) is 24.2. The summed E-state index contributed by atoms with van der Waals surface area (Å²) in [5.74, 6) is 3.72. The molecule has 29 heteroatoms. The minimum Gasteiger partial charge on any atom is -0.403 e. The number of nitrogens with one attached hydrogen (secondary N) is 2. The first-order chi connectivity index (χ1) is 44.8. The number of anilines is 2. The van der Waals surface area contributed by atoms with Gasteiger partial charge in [0.2, 0.25) is 11.8 Å². The smallest absolute Gasteiger partial charge is 0.403 e. The van der Waals surface area contributed by atoms with Crippen LogP contribution in [-0.2, 0) is 35.0 Å². The van der Waals surface area contributed by atoms with E-state index in [1.807, 2.05) is 65.9 Å². The van der Waals surface area contributed by atoms with Crippen LogP contribution < -0.4 is 38.2 Å². The summed E-state index contributed by atoms with van der Waals surface area (Å²) >= 11 is 8.27. The van der Waals surface area contributed by atoms with E-state index in [0.29, 0.717) is 66.0 Å². The molecule has 2 fully saturated rings. The first-order valence-electron chi connectivity index (χ1n) is 29.8. The van der Waals surface area contributed by atoms with Crippen molar-refractivity contribution in [3.05, 3.63) is 178 Å². The number of aromatic nitrogens is 6. The molecule has 0 saturated carbocycles. The van der Waals surface area contributed by atoms with Gasteiger partial charge in [0.25, 0.3) is 0 Å². The van der Waals surface area contributed by atoms with Gasteiger partial charge in [0.15, 0.2) is 0 Å². The first-order valence-corrected chi connectivity index (χ1v) is 32.1. The lowest BCUT2D eigenvalue weighted by molar-refractivity contribution is -0.138. The molecular weight excluding hydrogens is 1300 g/mol. The van der Waals surface area contributed by atoms with Gasteiger partial charge in [-0.3, -0.25) is 24.6 Å². The van der Waals surface area contributed by atoms with Crippen LogP contribution in [0.2, 0.25) is 0 Å². The number of fused-ring (bicyclic) bond motifs is 1. The quantitative estimate of drug-likeness (QED) is 0.0349. The number of aromatic amines is 1. The summed E-state index contributed by atoms with van der Waals surface area (Å²) in [6.45, 7) is 20.0. The number of carbonyl (C=O) groups excluding carboxylic acids is 2. The molecule has 94 heavy (non-hydrogen) atoms. The summed E-state index contributed by atoms with van der Waals surface area (Å²) in [5.41, 5.74) is 5.53. The van der Waals surface area contributed by atoms with Gasteiger partial charge in [0.05, 0.1) is 33.5 Å². The zero-order chi connectivity index (χ0) is 68.9. The van der Waals surface area contributed by atoms with Crippen molar-refractivity contribution in [1.29, 1.82) is 0 Å². The Balaban J connectivity index is 0.000000215. The van der Waals surface area contributed by atoms with Gasteiger partial charge in [-0.15, -0.1) is 23.5 Å². The number of carbonyl (C=O) groups is 2. The van der Waals surface area contributed by atoms with Crippen LogP contribution in [-0.4, -0.2) is 113 Å². The zero-order valence-electron chi connectivity index (χ0n) is 52.2. The van der Waals surface area contributed by atoms with E-state index in [0.717, 1.165) is 59.2 Å². The third kappa shape index (κ3) is 16.4. The summed E-state index contributed by atoms with van der Waals surface area (Å²) in [4.78, 5) is 74.3. The molecule has 3 aromatic carbocycles. The fourth-order valence-electron chi connectivity index (χ4n) is 11.7. The van der Waals surface area contributed by atoms with E-state index in [2.05, 4.69) is 38.5 Å². The van der Waals surface area contributed by atoms with Crippen molar-refractivity contribution < 1.29 is 49.1 Å². The molecule has 6 N–H and O–H groups in total. The standard InChI is InChI=1S/C27H26ClF5N4O2S.C27H26F4N4O2S.C7H6N2.C2H7N3.C2H6/c1-4-22(38)37-15(2)13-35(14-16(37)3)25-18-12-19(27(31,32)33)17(6-7-20(28)21(30)8-9-29)24-23(18)36(26(39)34-25)10-5-11-40-24;1-4-21(36)35-15(2)13-33(14-16(35)3)25-19-12-20(27(29,30)31)22(17-6-8-18(28)9-7-17)24-23(19)34(26(37)32-25)10-5-11-38-24;1-2-6-3-5-9-7(6)8-4-1;3-1-2-5-4;1-2/h4,6-9,12,15-16H,1,5,10-11,13-14H2,2-3H3;4,6-9,12,15-16H,1,5,10-11,13-14H2,2-3H3;1-5H,(H,8,9);1-2,5H,3-4H2;1-2H3/b7-6+,9-8+,21-20-;;;2-1-;. The molecule has 4 aromatic heterocycles. The zero-order valence-corrected chi connectivity index (χ0v) is 54.6. The Bertz CT molecular complexity index is 4100. The Hall–Kier alpha value is -8.47. The number of piperazine rings is 2. The van der Waals surface area contributed by atoms with Crippen LogP contribution in [0.3, 0.4) is 0 Å². The molecule has 4 atom stereocenters. The minimum atomic E-state index is -4.82. The molecule has 0 bridgehead atoms. The normalized spacial score (nSPS) is 18.4. The molecular formula is C65H71ClF9N13O4S2. The van der Waals surface area contributed by atoms with Crippen molar-refractivity contribution in [2.45, 2.75) is 114 Å². The molecule has 11 rings (SSSR count). The highest BCUT2D eigenvalue weighted by molar-refractivity contribution is 7.99. The molecule has 0 aliphatic carbocycles. The largest absolute Gasteiger partial charge is 0.417 e. The molecule has 4 aliphatic rings. The van der Waals surface area contributed by atoms with Gasteiger partial charge in [-0.05, 0) is 118 Å². The molecule has 0 radical (unpaired) electrons. The number of nitrogens with zero attached hydrogens (tertiary/aromatic N) is 9. The number of benzene rings is 3. The van der Waals surface area contributed by atoms with Crippen LogP contribution in [0.4, 0.5) is 51.1 Å². The highest BCUT2D eigenvalue weighted by Gasteiger charge is 2.41. The third-order valence-electron chi connectivity index (χ3n) is 15.4. The number of thioether (sulfide) groups is 2. The number of hydrogen-bond donors (Lipinski definition) is 4. The van der Waals surface area contributed by atoms with Crippen molar-refractivity contribution >= 4 is 97.5 Å². The molecule has 2 amide bonds. The van der Waals surface area contributed by atoms with Gasteiger partial charge in [0, 0.05) is 131 Å². The Labute approximate surface area is 549 Å². The van der Waals surface area contributed by atoms with Crippen LogP contribution in [0, 0.1) is 5.82 Å². The Morgan fingerprint density at radius 2 is 1.23 bits per heavy atom. The Morgan fingerprint density at radius 3 is 1.68 bits per heavy atom. The SMILES string of the molecule is C=CC(=O)N1C(C)CN(c2nc(=O)n3c4c(c(-c5ccc(F)cc5)c(C(F)(F)F)cc24)SCCC3)CC1C.C=CC(=O)N1C(C)CN(c2nc(=O)n3c4c(c(/C=C/C(Cl)=C(F)\C=C\F)c(C(F)(F)F)cc24)SCCC3)CC1C.CC.N/C=C\NN.c1cnc2[nH]ccc2c1. The molecule has 502 valence electrons. The lowest BCUT2D eigenvalue weighted by Crippen LogP contribution is -2.58. The monoisotopic (exact) mass is 1370 g/mol. The van der Waals surface area contributed by atoms with Crippen molar-refractivity contribution in [2.24, 2.45) is 11.6 Å². The topological polar surface area (TPSA) is 210 Å². The predicted octanol–water partition coefficient (Wildman–Crippen LogP) is 13.2. The van der Waals surface area contributed by atoms with Crippen LogP contribution in [0.15, 0.2) is 153 Å². The summed E-state index contributed by atoms with van der Waals surface area (Å²) in [6.07, 6.45) is 2.75. The lowest BCUT2D eigenvalue weighted by Gasteiger charge is -2.44. The average Bonchev–Trinajstić information content (AvgIpc) is 1.05. The lowest BCUT2D eigenvalue weighted by atomic mass is 9.96. The van der Waals surface area contributed by atoms with Gasteiger partial charge in [0.1, 0.15) is 28.9 Å². The Morgan fingerprint density at radius 1 is 0.745 bits per heavy atom. The van der Waals surface area contributed by atoms with E-state index < -0.39 is 51.5 Å². The number of allylic oxidation sites excluding steroid dienone is 4. The van der Waals surface area contributed by atoms with Gasteiger partial charge in [-0.25, -0.2) is 27.7 Å². The van der Waals surface area contributed by atoms with E-state index in [9.17, 15) is 58.7 Å². The molecule has 7 aromatic rings. The molecule has 0 spiro atoms. The van der Waals surface area contributed by atoms with Crippen LogP contribution in [0.5, 0.6) is 0 Å². The number of hydrazine groups is 1. The van der Waals surface area contributed by atoms with E-state index in [1.54, 1.807) is 25.8 Å². The summed E-state index contributed by atoms with van der Waals surface area (Å²) in [6, 6.07) is 11.7. The number of rotatable bonds is 9. The number of alkyl halides is 6. The fraction of sp³-hybridized carbons (Fsp3) is 0.338. The third-order valence-corrected chi connectivity index (χ3v) is 18.0. The highest BCUT2D eigenvalue weighted by atomic mass is 35.5. The van der Waals surface area contributed by atoms with Gasteiger partial charge < -0.3 is 35.7 Å². The molecule has 4 unspecified atom stereocenters. The number of pyridine rings is 1. The second kappa shape index (κ2) is 32.1.